The lowest BCUT2D eigenvalue weighted by Crippen LogP contribution is -2.22. The number of hydrogen-bond acceptors (Lipinski definition) is 4. The van der Waals surface area contributed by atoms with E-state index in [0.29, 0.717) is 11.3 Å². The van der Waals surface area contributed by atoms with Gasteiger partial charge in [0.25, 0.3) is 0 Å². The van der Waals surface area contributed by atoms with E-state index < -0.39 is 9.84 Å². The minimum atomic E-state index is -3.28. The quantitative estimate of drug-likeness (QED) is 0.661. The van der Waals surface area contributed by atoms with Crippen LogP contribution in [0.25, 0.3) is 11.0 Å². The number of rotatable bonds is 7. The minimum Gasteiger partial charge on any atom is -0.324 e. The lowest BCUT2D eigenvalue weighted by Gasteiger charge is -2.15. The molecule has 0 aliphatic heterocycles. The summed E-state index contributed by atoms with van der Waals surface area (Å²) in [5.41, 5.74) is 4.44. The number of aromatic nitrogens is 2. The molecule has 0 radical (unpaired) electrons. The van der Waals surface area contributed by atoms with Gasteiger partial charge in [0.2, 0.25) is 5.91 Å². The van der Waals surface area contributed by atoms with Crippen LogP contribution in [0.15, 0.2) is 42.5 Å². The van der Waals surface area contributed by atoms with Crippen LogP contribution in [0, 0.1) is 0 Å². The van der Waals surface area contributed by atoms with Gasteiger partial charge in [0.05, 0.1) is 11.0 Å². The zero-order valence-electron chi connectivity index (χ0n) is 16.4. The Labute approximate surface area is 165 Å². The third-order valence-electron chi connectivity index (χ3n) is 4.69. The van der Waals surface area contributed by atoms with Gasteiger partial charge in [-0.25, -0.2) is 13.4 Å². The van der Waals surface area contributed by atoms with Gasteiger partial charge >= 0.3 is 0 Å². The van der Waals surface area contributed by atoms with Crippen LogP contribution in [0.4, 0.5) is 5.69 Å². The first-order valence-electron chi connectivity index (χ1n) is 9.34. The summed E-state index contributed by atoms with van der Waals surface area (Å²) in [4.78, 5) is 17.3. The third kappa shape index (κ3) is 4.42. The number of para-hydroxylation sites is 3. The summed E-state index contributed by atoms with van der Waals surface area (Å²) in [5, 5.41) is 3.04. The van der Waals surface area contributed by atoms with Crippen LogP contribution in [0.1, 0.15) is 30.8 Å². The first-order valence-corrected chi connectivity index (χ1v) is 11.4. The smallest absolute Gasteiger partial charge is 0.244 e. The Morgan fingerprint density at radius 1 is 1.04 bits per heavy atom. The van der Waals surface area contributed by atoms with Crippen molar-refractivity contribution in [2.24, 2.45) is 0 Å². The van der Waals surface area contributed by atoms with Gasteiger partial charge in [-0.05, 0) is 36.1 Å². The van der Waals surface area contributed by atoms with Crippen molar-refractivity contribution in [2.45, 2.75) is 39.0 Å². The maximum Gasteiger partial charge on any atom is 0.244 e. The largest absolute Gasteiger partial charge is 0.324 e. The molecular weight excluding hydrogens is 374 g/mol. The highest BCUT2D eigenvalue weighted by atomic mass is 32.2. The fraction of sp³-hybridized carbons (Fsp3) is 0.333. The van der Waals surface area contributed by atoms with Crippen LogP contribution >= 0.6 is 0 Å². The van der Waals surface area contributed by atoms with E-state index in [2.05, 4.69) is 24.1 Å². The normalized spacial score (nSPS) is 11.7. The van der Waals surface area contributed by atoms with Crippen LogP contribution in [0.5, 0.6) is 0 Å². The van der Waals surface area contributed by atoms with E-state index in [1.165, 1.54) is 6.26 Å². The molecule has 0 aliphatic rings. The number of nitrogens with one attached hydrogen (secondary N) is 1. The van der Waals surface area contributed by atoms with Crippen molar-refractivity contribution in [1.29, 1.82) is 0 Å². The molecule has 0 spiro atoms. The van der Waals surface area contributed by atoms with Crippen LogP contribution in [-0.2, 0) is 39.8 Å². The molecule has 0 bridgehead atoms. The van der Waals surface area contributed by atoms with E-state index in [1.807, 2.05) is 42.5 Å². The lowest BCUT2D eigenvalue weighted by atomic mass is 10.0. The van der Waals surface area contributed by atoms with E-state index in [-0.39, 0.29) is 18.2 Å². The molecule has 6 nitrogen and oxygen atoms in total. The molecule has 7 heteroatoms. The Bertz CT molecular complexity index is 1090. The monoisotopic (exact) mass is 399 g/mol. The first kappa shape index (κ1) is 20.1. The van der Waals surface area contributed by atoms with Crippen molar-refractivity contribution >= 4 is 32.5 Å². The van der Waals surface area contributed by atoms with Gasteiger partial charge in [-0.15, -0.1) is 0 Å². The van der Waals surface area contributed by atoms with Gasteiger partial charge in [-0.1, -0.05) is 44.2 Å². The molecule has 3 rings (SSSR count). The molecular formula is C21H25N3O3S. The Balaban J connectivity index is 1.95. The molecule has 0 atom stereocenters. The number of sulfone groups is 1. The molecule has 0 saturated heterocycles. The van der Waals surface area contributed by atoms with Crippen LogP contribution in [-0.4, -0.2) is 30.1 Å². The van der Waals surface area contributed by atoms with Crippen LogP contribution in [0.2, 0.25) is 0 Å². The minimum absolute atomic E-state index is 0.00652. The second kappa shape index (κ2) is 8.14. The predicted molar refractivity (Wildman–Crippen MR) is 112 cm³/mol. The van der Waals surface area contributed by atoms with Gasteiger partial charge in [-0.2, -0.15) is 0 Å². The van der Waals surface area contributed by atoms with Crippen molar-refractivity contribution in [3.05, 3.63) is 59.4 Å². The van der Waals surface area contributed by atoms with Crippen molar-refractivity contribution in [2.75, 3.05) is 11.6 Å². The third-order valence-corrected chi connectivity index (χ3v) is 5.47. The van der Waals surface area contributed by atoms with E-state index in [4.69, 9.17) is 0 Å². The highest BCUT2D eigenvalue weighted by Gasteiger charge is 2.18. The van der Waals surface area contributed by atoms with Crippen LogP contribution in [0.3, 0.4) is 0 Å². The number of fused-ring (bicyclic) bond motifs is 1. The molecule has 3 aromatic rings. The zero-order chi connectivity index (χ0) is 20.3. The highest BCUT2D eigenvalue weighted by molar-refractivity contribution is 7.89. The average molecular weight is 400 g/mol. The topological polar surface area (TPSA) is 81.1 Å². The van der Waals surface area contributed by atoms with Crippen molar-refractivity contribution in [1.82, 2.24) is 9.55 Å². The molecule has 0 aliphatic carbocycles. The highest BCUT2D eigenvalue weighted by Crippen LogP contribution is 2.23. The standard InChI is InChI=1S/C21H25N3O3S/c1-4-15-9-8-10-16(5-2)21(15)23-20(25)13-24-18-12-7-6-11-17(18)22-19(24)14-28(3,26)27/h6-12H,4-5,13-14H2,1-3H3,(H,23,25). The van der Waals surface area contributed by atoms with E-state index >= 15 is 0 Å². The summed E-state index contributed by atoms with van der Waals surface area (Å²) in [6.07, 6.45) is 2.80. The number of aryl methyl sites for hydroxylation is 2. The Morgan fingerprint density at radius 2 is 1.68 bits per heavy atom. The van der Waals surface area contributed by atoms with Gasteiger partial charge in [0.1, 0.15) is 18.1 Å². The van der Waals surface area contributed by atoms with Gasteiger partial charge in [0, 0.05) is 11.9 Å². The summed E-state index contributed by atoms with van der Waals surface area (Å²) in [6, 6.07) is 13.4. The van der Waals surface area contributed by atoms with Crippen molar-refractivity contribution in [3.8, 4) is 0 Å². The summed E-state index contributed by atoms with van der Waals surface area (Å²) in [7, 11) is -3.28. The number of anilines is 1. The number of carbonyl (C=O) groups is 1. The molecule has 148 valence electrons. The Morgan fingerprint density at radius 3 is 2.29 bits per heavy atom. The number of nitrogens with zero attached hydrogens (tertiary/aromatic N) is 2. The predicted octanol–water partition coefficient (Wildman–Crippen LogP) is 3.34. The summed E-state index contributed by atoms with van der Waals surface area (Å²) < 4.78 is 25.3. The van der Waals surface area contributed by atoms with Gasteiger partial charge in [-0.3, -0.25) is 4.79 Å². The van der Waals surface area contributed by atoms with Gasteiger partial charge < -0.3 is 9.88 Å². The molecule has 1 aromatic heterocycles. The number of hydrogen-bond donors (Lipinski definition) is 1. The fourth-order valence-corrected chi connectivity index (χ4v) is 4.06. The molecule has 1 heterocycles. The summed E-state index contributed by atoms with van der Waals surface area (Å²) in [5.74, 6) is -0.0346. The zero-order valence-corrected chi connectivity index (χ0v) is 17.2. The second-order valence-electron chi connectivity index (χ2n) is 6.88. The maximum absolute atomic E-state index is 12.9. The van der Waals surface area contributed by atoms with E-state index in [1.54, 1.807) is 4.57 Å². The van der Waals surface area contributed by atoms with E-state index in [9.17, 15) is 13.2 Å². The summed E-state index contributed by atoms with van der Waals surface area (Å²) in [6.45, 7) is 4.11. The molecule has 0 fully saturated rings. The van der Waals surface area contributed by atoms with Crippen molar-refractivity contribution in [3.63, 3.8) is 0 Å². The molecule has 28 heavy (non-hydrogen) atoms. The molecule has 0 saturated carbocycles. The Kier molecular flexibility index (Phi) is 5.84. The molecule has 2 aromatic carbocycles. The number of imidazole rings is 1. The second-order valence-corrected chi connectivity index (χ2v) is 9.02. The lowest BCUT2D eigenvalue weighted by molar-refractivity contribution is -0.116. The average Bonchev–Trinajstić information content (AvgIpc) is 2.97. The van der Waals surface area contributed by atoms with Gasteiger partial charge in [0.15, 0.2) is 9.84 Å². The Hall–Kier alpha value is -2.67. The number of benzene rings is 2. The van der Waals surface area contributed by atoms with E-state index in [0.717, 1.165) is 35.2 Å². The SMILES string of the molecule is CCc1cccc(CC)c1NC(=O)Cn1c(CS(C)(=O)=O)nc2ccccc21. The maximum atomic E-state index is 12.9. The van der Waals surface area contributed by atoms with Crippen LogP contribution < -0.4 is 5.32 Å². The summed E-state index contributed by atoms with van der Waals surface area (Å²) >= 11 is 0. The molecule has 0 unspecified atom stereocenters. The molecule has 1 amide bonds. The molecule has 1 N–H and O–H groups in total. The first-order chi connectivity index (χ1) is 13.3. The van der Waals surface area contributed by atoms with Crippen molar-refractivity contribution < 1.29 is 13.2 Å². The number of carbonyl (C=O) groups excluding carboxylic acids is 1. The number of amides is 1. The fourth-order valence-electron chi connectivity index (χ4n) is 3.37.